The van der Waals surface area contributed by atoms with E-state index >= 15 is 0 Å². The van der Waals surface area contributed by atoms with Crippen molar-refractivity contribution in [2.24, 2.45) is 4.99 Å². The van der Waals surface area contributed by atoms with E-state index in [9.17, 15) is 4.79 Å². The molecule has 0 unspecified atom stereocenters. The second kappa shape index (κ2) is 11.0. The number of carbonyl (C=O) groups excluding carboxylic acids is 1. The fourth-order valence-corrected chi connectivity index (χ4v) is 6.51. The third-order valence-electron chi connectivity index (χ3n) is 5.69. The molecule has 0 saturated heterocycles. The van der Waals surface area contributed by atoms with E-state index in [4.69, 9.17) is 21.3 Å². The van der Waals surface area contributed by atoms with E-state index in [2.05, 4.69) is 22.1 Å². The molecule has 0 fully saturated rings. The molecule has 1 aliphatic rings. The number of fused-ring (bicyclic) bond motifs is 1. The summed E-state index contributed by atoms with van der Waals surface area (Å²) in [6.45, 7) is 2.20. The first-order chi connectivity index (χ1) is 16.2. The van der Waals surface area contributed by atoms with Crippen molar-refractivity contribution >= 4 is 45.2 Å². The van der Waals surface area contributed by atoms with Gasteiger partial charge in [-0.1, -0.05) is 41.9 Å². The summed E-state index contributed by atoms with van der Waals surface area (Å²) in [4.78, 5) is 20.1. The van der Waals surface area contributed by atoms with Crippen molar-refractivity contribution in [3.63, 3.8) is 0 Å². The average Bonchev–Trinajstić information content (AvgIpc) is 3.41. The second-order valence-corrected chi connectivity index (χ2v) is 10.2. The van der Waals surface area contributed by atoms with E-state index in [0.717, 1.165) is 58.0 Å². The number of hydrogen-bond donors (Lipinski definition) is 0. The van der Waals surface area contributed by atoms with Crippen molar-refractivity contribution in [1.82, 2.24) is 4.57 Å². The van der Waals surface area contributed by atoms with Crippen LogP contribution in [-0.2, 0) is 17.6 Å². The monoisotopic (exact) mass is 573 g/mol. The van der Waals surface area contributed by atoms with Crippen LogP contribution >= 0.6 is 34.3 Å². The van der Waals surface area contributed by atoms with Gasteiger partial charge in [0, 0.05) is 21.0 Å². The van der Waals surface area contributed by atoms with Crippen LogP contribution in [-0.4, -0.2) is 17.1 Å². The van der Waals surface area contributed by atoms with E-state index in [-0.39, 0.29) is 23.0 Å². The van der Waals surface area contributed by atoms with Crippen LogP contribution in [0.3, 0.4) is 0 Å². The topological polar surface area (TPSA) is 43.6 Å². The smallest absolute Gasteiger partial charge is 0.341 e. The van der Waals surface area contributed by atoms with Gasteiger partial charge in [-0.05, 0) is 68.0 Å². The minimum atomic E-state index is -0.267. The number of aromatic nitrogens is 1. The van der Waals surface area contributed by atoms with Gasteiger partial charge < -0.3 is 21.7 Å². The van der Waals surface area contributed by atoms with Crippen molar-refractivity contribution in [2.75, 3.05) is 6.61 Å². The largest absolute Gasteiger partial charge is 1.00 e. The van der Waals surface area contributed by atoms with Gasteiger partial charge in [0.1, 0.15) is 5.00 Å². The molecule has 0 amide bonds. The number of esters is 1. The van der Waals surface area contributed by atoms with Gasteiger partial charge in [-0.2, -0.15) is 0 Å². The first-order valence-corrected chi connectivity index (χ1v) is 13.1. The Morgan fingerprint density at radius 3 is 2.56 bits per heavy atom. The van der Waals surface area contributed by atoms with E-state index < -0.39 is 0 Å². The number of thiazole rings is 1. The number of rotatable bonds is 5. The quantitative estimate of drug-likeness (QED) is 0.335. The van der Waals surface area contributed by atoms with Crippen molar-refractivity contribution in [3.8, 4) is 16.9 Å². The minimum Gasteiger partial charge on any atom is -1.00 e. The van der Waals surface area contributed by atoms with Gasteiger partial charge in [-0.15, -0.1) is 22.7 Å². The molecule has 0 radical (unpaired) electrons. The highest BCUT2D eigenvalue weighted by atomic mass is 79.9. The maximum atomic E-state index is 12.9. The molecule has 5 rings (SSSR count). The van der Waals surface area contributed by atoms with Gasteiger partial charge in [-0.3, -0.25) is 4.57 Å². The van der Waals surface area contributed by atoms with Crippen molar-refractivity contribution in [1.29, 1.82) is 0 Å². The number of benzene rings is 2. The highest BCUT2D eigenvalue weighted by Crippen LogP contribution is 2.40. The van der Waals surface area contributed by atoms with E-state index in [1.807, 2.05) is 49.4 Å². The molecule has 2 aromatic carbocycles. The van der Waals surface area contributed by atoms with Crippen molar-refractivity contribution in [3.05, 3.63) is 85.8 Å². The van der Waals surface area contributed by atoms with Gasteiger partial charge in [0.2, 0.25) is 0 Å². The Morgan fingerprint density at radius 2 is 1.82 bits per heavy atom. The van der Waals surface area contributed by atoms with Crippen LogP contribution in [0.25, 0.3) is 16.9 Å². The number of nitrogens with zero attached hydrogens (tertiary/aromatic N) is 2. The maximum absolute atomic E-state index is 12.9. The Balaban J connectivity index is 0.00000274. The molecule has 2 heterocycles. The van der Waals surface area contributed by atoms with Crippen LogP contribution < -0.4 is 21.8 Å². The lowest BCUT2D eigenvalue weighted by Crippen LogP contribution is -3.00. The number of carbonyl (C=O) groups is 1. The lowest BCUT2D eigenvalue weighted by atomic mass is 9.95. The SMILES string of the molecule is CCOC(=O)c1c(/N=c2\scc(-c3ccc(Cl)cc3)n2-c2ccccc2)sc2c1CCCC2.[Br-]. The van der Waals surface area contributed by atoms with Gasteiger partial charge in [0.25, 0.3) is 0 Å². The first kappa shape index (κ1) is 24.9. The highest BCUT2D eigenvalue weighted by Gasteiger charge is 2.26. The van der Waals surface area contributed by atoms with Crippen molar-refractivity contribution in [2.45, 2.75) is 32.6 Å². The highest BCUT2D eigenvalue weighted by molar-refractivity contribution is 7.16. The number of aryl methyl sites for hydroxylation is 1. The molecule has 176 valence electrons. The summed E-state index contributed by atoms with van der Waals surface area (Å²) in [5.74, 6) is -0.267. The third kappa shape index (κ3) is 4.93. The number of thiophene rings is 1. The summed E-state index contributed by atoms with van der Waals surface area (Å²) in [6, 6.07) is 18.0. The molecule has 8 heteroatoms. The number of hydrogen-bond acceptors (Lipinski definition) is 5. The van der Waals surface area contributed by atoms with Crippen LogP contribution in [0.1, 0.15) is 40.6 Å². The molecule has 0 spiro atoms. The first-order valence-electron chi connectivity index (χ1n) is 11.0. The molecule has 4 nitrogen and oxygen atoms in total. The molecule has 0 saturated carbocycles. The van der Waals surface area contributed by atoms with Crippen LogP contribution in [0.15, 0.2) is 65.0 Å². The minimum absolute atomic E-state index is 0. The fraction of sp³-hybridized carbons (Fsp3) is 0.231. The molecule has 0 atom stereocenters. The van der Waals surface area contributed by atoms with Crippen molar-refractivity contribution < 1.29 is 26.5 Å². The summed E-state index contributed by atoms with van der Waals surface area (Å²) < 4.78 is 7.56. The number of ether oxygens (including phenoxy) is 1. The Labute approximate surface area is 222 Å². The van der Waals surface area contributed by atoms with Crippen LogP contribution in [0, 0.1) is 0 Å². The molecule has 34 heavy (non-hydrogen) atoms. The van der Waals surface area contributed by atoms with E-state index in [1.165, 1.54) is 4.88 Å². The summed E-state index contributed by atoms with van der Waals surface area (Å²) in [6.07, 6.45) is 4.16. The number of halogens is 2. The molecule has 0 N–H and O–H groups in total. The predicted molar refractivity (Wildman–Crippen MR) is 136 cm³/mol. The standard InChI is InChI=1S/C26H23ClN2O2S2.BrH/c1-2-31-25(30)23-20-10-6-7-11-22(20)33-24(23)28-26-29(19-8-4-3-5-9-19)21(16-32-26)17-12-14-18(27)15-13-17;/h3-5,8-9,12-16H,2,6-7,10-11H2,1H3;1H/p-1/b28-26-;. The van der Waals surface area contributed by atoms with E-state index in [0.29, 0.717) is 17.2 Å². The lowest BCUT2D eigenvalue weighted by molar-refractivity contribution is -0.0000246. The molecule has 4 aromatic rings. The van der Waals surface area contributed by atoms with E-state index in [1.54, 1.807) is 22.7 Å². The summed E-state index contributed by atoms with van der Waals surface area (Å²) >= 11 is 9.32. The Kier molecular flexibility index (Phi) is 8.09. The lowest BCUT2D eigenvalue weighted by Gasteiger charge is -2.12. The Bertz CT molecular complexity index is 1360. The molecule has 2 aromatic heterocycles. The zero-order valence-electron chi connectivity index (χ0n) is 18.6. The van der Waals surface area contributed by atoms with Gasteiger partial charge in [0.15, 0.2) is 4.80 Å². The molecular formula is C26H23BrClN2O2S2-. The second-order valence-electron chi connectivity index (χ2n) is 7.80. The average molecular weight is 575 g/mol. The molecule has 0 bridgehead atoms. The number of para-hydroxylation sites is 1. The zero-order chi connectivity index (χ0) is 22.8. The Morgan fingerprint density at radius 1 is 1.09 bits per heavy atom. The molecule has 0 aliphatic heterocycles. The normalized spacial score (nSPS) is 13.3. The predicted octanol–water partition coefficient (Wildman–Crippen LogP) is 4.21. The third-order valence-corrected chi connectivity index (χ3v) is 7.96. The Hall–Kier alpha value is -2.19. The van der Waals surface area contributed by atoms with Crippen LogP contribution in [0.4, 0.5) is 5.00 Å². The summed E-state index contributed by atoms with van der Waals surface area (Å²) in [7, 11) is 0. The van der Waals surface area contributed by atoms with Gasteiger partial charge in [-0.25, -0.2) is 9.79 Å². The van der Waals surface area contributed by atoms with Crippen LogP contribution in [0.2, 0.25) is 5.02 Å². The fourth-order valence-electron chi connectivity index (χ4n) is 4.17. The summed E-state index contributed by atoms with van der Waals surface area (Å²) in [5, 5.41) is 3.55. The van der Waals surface area contributed by atoms with Gasteiger partial charge >= 0.3 is 5.97 Å². The zero-order valence-corrected chi connectivity index (χ0v) is 22.6. The summed E-state index contributed by atoms with van der Waals surface area (Å²) in [5.41, 5.74) is 4.88. The van der Waals surface area contributed by atoms with Gasteiger partial charge in [0.05, 0.1) is 17.9 Å². The molecule has 1 aliphatic carbocycles. The molecular weight excluding hydrogens is 552 g/mol. The van der Waals surface area contributed by atoms with Crippen LogP contribution in [0.5, 0.6) is 0 Å². The maximum Gasteiger partial charge on any atom is 0.341 e.